The van der Waals surface area contributed by atoms with Crippen LogP contribution in [0.3, 0.4) is 0 Å². The molecule has 0 spiro atoms. The molecule has 4 rings (SSSR count). The maximum absolute atomic E-state index is 6.07. The number of rotatable bonds is 5. The number of ether oxygens (including phenoxy) is 5. The van der Waals surface area contributed by atoms with Gasteiger partial charge in [-0.25, -0.2) is 4.98 Å². The minimum absolute atomic E-state index is 0.224. The fraction of sp³-hybridized carbons (Fsp3) is 0.476. The van der Waals surface area contributed by atoms with Gasteiger partial charge in [-0.3, -0.25) is 0 Å². The van der Waals surface area contributed by atoms with Gasteiger partial charge in [-0.15, -0.1) is 0 Å². The maximum Gasteiger partial charge on any atom is 0.230 e. The van der Waals surface area contributed by atoms with Gasteiger partial charge < -0.3 is 28.1 Å². The van der Waals surface area contributed by atoms with Crippen LogP contribution < -0.4 is 14.2 Å². The second-order valence-corrected chi connectivity index (χ2v) is 7.80. The zero-order chi connectivity index (χ0) is 20.1. The molecule has 1 saturated heterocycles. The Morgan fingerprint density at radius 3 is 2.39 bits per heavy atom. The van der Waals surface area contributed by atoms with Crippen LogP contribution in [0.4, 0.5) is 0 Å². The van der Waals surface area contributed by atoms with Crippen molar-refractivity contribution in [2.45, 2.75) is 45.2 Å². The molecule has 150 valence electrons. The molecule has 0 amide bonds. The highest BCUT2D eigenvalue weighted by Crippen LogP contribution is 2.42. The highest BCUT2D eigenvalue weighted by atomic mass is 16.8. The van der Waals surface area contributed by atoms with Gasteiger partial charge >= 0.3 is 0 Å². The fourth-order valence-corrected chi connectivity index (χ4v) is 3.79. The predicted molar refractivity (Wildman–Crippen MR) is 104 cm³/mol. The van der Waals surface area contributed by atoms with E-state index in [0.29, 0.717) is 35.1 Å². The Hall–Kier alpha value is -2.51. The monoisotopic (exact) mass is 387 g/mol. The van der Waals surface area contributed by atoms with Crippen LogP contribution in [-0.4, -0.2) is 43.3 Å². The number of benzene rings is 1. The molecule has 2 aromatic heterocycles. The molecule has 1 fully saturated rings. The summed E-state index contributed by atoms with van der Waals surface area (Å²) < 4.78 is 34.7. The normalized spacial score (nSPS) is 20.6. The van der Waals surface area contributed by atoms with Crippen LogP contribution in [0.5, 0.6) is 17.2 Å². The molecule has 3 aromatic rings. The van der Waals surface area contributed by atoms with Crippen molar-refractivity contribution in [2.75, 3.05) is 20.8 Å². The van der Waals surface area contributed by atoms with E-state index in [4.69, 9.17) is 28.1 Å². The number of hydrogen-bond donors (Lipinski definition) is 0. The first-order valence-corrected chi connectivity index (χ1v) is 9.18. The molecule has 3 heterocycles. The standard InChI is InChI=1S/C21H25NO6/c1-20(2)15(27-21(3,4)28-20)11-26-14-8-7-12-16(18(14)24-6)22-19-13(9-10-25-19)17(12)23-5/h7-10,15H,11H2,1-6H3/t15-/m0/s1. The molecule has 1 aliphatic rings. The van der Waals surface area contributed by atoms with E-state index in [1.807, 2.05) is 45.9 Å². The van der Waals surface area contributed by atoms with Gasteiger partial charge in [0.25, 0.3) is 0 Å². The highest BCUT2D eigenvalue weighted by molar-refractivity contribution is 6.02. The van der Waals surface area contributed by atoms with Gasteiger partial charge in [-0.1, -0.05) is 0 Å². The summed E-state index contributed by atoms with van der Waals surface area (Å²) in [7, 11) is 3.21. The van der Waals surface area contributed by atoms with E-state index in [1.165, 1.54) is 0 Å². The number of hydrogen-bond acceptors (Lipinski definition) is 7. The lowest BCUT2D eigenvalue weighted by atomic mass is 10.0. The summed E-state index contributed by atoms with van der Waals surface area (Å²) >= 11 is 0. The summed E-state index contributed by atoms with van der Waals surface area (Å²) in [4.78, 5) is 4.60. The van der Waals surface area contributed by atoms with Crippen LogP contribution in [0.25, 0.3) is 22.0 Å². The molecule has 1 atom stereocenters. The first-order chi connectivity index (χ1) is 13.3. The Morgan fingerprint density at radius 1 is 1.00 bits per heavy atom. The third-order valence-corrected chi connectivity index (χ3v) is 4.95. The molecule has 28 heavy (non-hydrogen) atoms. The van der Waals surface area contributed by atoms with Crippen LogP contribution in [0.2, 0.25) is 0 Å². The molecule has 0 saturated carbocycles. The second kappa shape index (κ2) is 6.53. The van der Waals surface area contributed by atoms with Crippen molar-refractivity contribution in [3.63, 3.8) is 0 Å². The molecular formula is C21H25NO6. The van der Waals surface area contributed by atoms with Crippen molar-refractivity contribution in [3.8, 4) is 17.2 Å². The zero-order valence-corrected chi connectivity index (χ0v) is 17.0. The van der Waals surface area contributed by atoms with Gasteiger partial charge in [0.1, 0.15) is 24.0 Å². The lowest BCUT2D eigenvalue weighted by Gasteiger charge is -2.24. The van der Waals surface area contributed by atoms with Crippen molar-refractivity contribution in [1.29, 1.82) is 0 Å². The predicted octanol–water partition coefficient (Wildman–Crippen LogP) is 4.31. The number of aromatic nitrogens is 1. The Balaban J connectivity index is 1.71. The third-order valence-electron chi connectivity index (χ3n) is 4.95. The first-order valence-electron chi connectivity index (χ1n) is 9.18. The van der Waals surface area contributed by atoms with Crippen molar-refractivity contribution >= 4 is 22.0 Å². The smallest absolute Gasteiger partial charge is 0.230 e. The highest BCUT2D eigenvalue weighted by Gasteiger charge is 2.47. The fourth-order valence-electron chi connectivity index (χ4n) is 3.79. The topological polar surface area (TPSA) is 72.2 Å². The van der Waals surface area contributed by atoms with Crippen LogP contribution in [0.1, 0.15) is 27.7 Å². The largest absolute Gasteiger partial charge is 0.495 e. The molecule has 0 bridgehead atoms. The molecule has 0 radical (unpaired) electrons. The molecule has 7 heteroatoms. The quantitative estimate of drug-likeness (QED) is 0.646. The van der Waals surface area contributed by atoms with Crippen LogP contribution in [0.15, 0.2) is 28.9 Å². The van der Waals surface area contributed by atoms with Crippen molar-refractivity contribution in [1.82, 2.24) is 4.98 Å². The molecule has 0 unspecified atom stereocenters. The van der Waals surface area contributed by atoms with Crippen molar-refractivity contribution < 1.29 is 28.1 Å². The van der Waals surface area contributed by atoms with E-state index in [1.54, 1.807) is 20.5 Å². The number of furan rings is 1. The van der Waals surface area contributed by atoms with Crippen LogP contribution in [0, 0.1) is 0 Å². The van der Waals surface area contributed by atoms with Gasteiger partial charge in [-0.05, 0) is 45.9 Å². The number of fused-ring (bicyclic) bond motifs is 2. The molecule has 1 aliphatic heterocycles. The second-order valence-electron chi connectivity index (χ2n) is 7.80. The maximum atomic E-state index is 6.07. The Morgan fingerprint density at radius 2 is 1.75 bits per heavy atom. The number of methoxy groups -OCH3 is 2. The summed E-state index contributed by atoms with van der Waals surface area (Å²) in [6, 6.07) is 5.59. The lowest BCUT2D eigenvalue weighted by molar-refractivity contribution is -0.158. The third kappa shape index (κ3) is 3.04. The minimum Gasteiger partial charge on any atom is -0.495 e. The Kier molecular flexibility index (Phi) is 4.39. The van der Waals surface area contributed by atoms with Gasteiger partial charge in [0.05, 0.1) is 31.5 Å². The number of pyridine rings is 1. The first kappa shape index (κ1) is 18.8. The van der Waals surface area contributed by atoms with E-state index in [-0.39, 0.29) is 6.10 Å². The van der Waals surface area contributed by atoms with E-state index >= 15 is 0 Å². The Bertz CT molecular complexity index is 1020. The molecular weight excluding hydrogens is 362 g/mol. The van der Waals surface area contributed by atoms with Gasteiger partial charge in [0.15, 0.2) is 17.3 Å². The van der Waals surface area contributed by atoms with E-state index in [9.17, 15) is 0 Å². The zero-order valence-electron chi connectivity index (χ0n) is 17.0. The summed E-state index contributed by atoms with van der Waals surface area (Å²) in [5.74, 6) is 1.13. The lowest BCUT2D eigenvalue weighted by Crippen LogP contribution is -2.37. The average Bonchev–Trinajstić information content (AvgIpc) is 3.17. The van der Waals surface area contributed by atoms with Crippen molar-refractivity contribution in [2.24, 2.45) is 0 Å². The van der Waals surface area contributed by atoms with Crippen LogP contribution in [-0.2, 0) is 9.47 Å². The molecule has 0 aliphatic carbocycles. The molecule has 7 nitrogen and oxygen atoms in total. The summed E-state index contributed by atoms with van der Waals surface area (Å²) in [6.07, 6.45) is 1.36. The van der Waals surface area contributed by atoms with E-state index < -0.39 is 11.4 Å². The molecule has 0 N–H and O–H groups in total. The summed E-state index contributed by atoms with van der Waals surface area (Å²) in [5.41, 5.74) is 0.632. The van der Waals surface area contributed by atoms with Gasteiger partial charge in [0, 0.05) is 5.39 Å². The molecule has 1 aromatic carbocycles. The van der Waals surface area contributed by atoms with E-state index in [2.05, 4.69) is 4.98 Å². The Labute approximate surface area is 163 Å². The number of nitrogens with zero attached hydrogens (tertiary/aromatic N) is 1. The van der Waals surface area contributed by atoms with Crippen LogP contribution >= 0.6 is 0 Å². The van der Waals surface area contributed by atoms with Crippen molar-refractivity contribution in [3.05, 3.63) is 24.5 Å². The summed E-state index contributed by atoms with van der Waals surface area (Å²) in [5, 5.41) is 1.63. The van der Waals surface area contributed by atoms with Gasteiger partial charge in [-0.2, -0.15) is 0 Å². The van der Waals surface area contributed by atoms with E-state index in [0.717, 1.165) is 10.8 Å². The van der Waals surface area contributed by atoms with Gasteiger partial charge in [0.2, 0.25) is 5.71 Å². The summed E-state index contributed by atoms with van der Waals surface area (Å²) in [6.45, 7) is 8.10. The average molecular weight is 387 g/mol. The minimum atomic E-state index is -0.648. The SMILES string of the molecule is COc1c2ccoc2nc2c(OC)c(OC[C@@H]3OC(C)(C)OC3(C)C)ccc12.